The van der Waals surface area contributed by atoms with Crippen molar-refractivity contribution in [3.8, 4) is 5.75 Å². The van der Waals surface area contributed by atoms with Crippen LogP contribution in [0, 0.1) is 5.82 Å². The molecule has 1 heterocycles. The molecule has 1 atom stereocenters. The van der Waals surface area contributed by atoms with Crippen molar-refractivity contribution in [2.45, 2.75) is 18.2 Å². The fraction of sp³-hybridized carbons (Fsp3) is 0.200. The number of aromatic nitrogens is 3. The number of rotatable bonds is 8. The summed E-state index contributed by atoms with van der Waals surface area (Å²) in [5, 5.41) is 20.4. The van der Waals surface area contributed by atoms with Crippen molar-refractivity contribution >= 4 is 29.3 Å². The fourth-order valence-electron chi connectivity index (χ4n) is 2.60. The fourth-order valence-corrected chi connectivity index (χ4v) is 3.32. The Kier molecular flexibility index (Phi) is 6.68. The van der Waals surface area contributed by atoms with Gasteiger partial charge < -0.3 is 19.7 Å². The highest BCUT2D eigenvalue weighted by Crippen LogP contribution is 2.24. The van der Waals surface area contributed by atoms with E-state index in [2.05, 4.69) is 15.5 Å². The molecule has 0 saturated carbocycles. The number of halogens is 1. The normalized spacial score (nSPS) is 11.7. The van der Waals surface area contributed by atoms with Crippen LogP contribution in [-0.2, 0) is 11.8 Å². The first kappa shape index (κ1) is 21.3. The zero-order valence-corrected chi connectivity index (χ0v) is 17.0. The molecule has 0 aliphatic rings. The van der Waals surface area contributed by atoms with E-state index in [-0.39, 0.29) is 23.0 Å². The van der Waals surface area contributed by atoms with Gasteiger partial charge in [-0.1, -0.05) is 11.8 Å². The SMILES string of the molecule is CC(Oc1ccc(F)cc1)c1nnc(SCC(=O)Nc2ccc(C(=O)O)cc2)n1C. The number of aromatic carboxylic acids is 1. The number of benzene rings is 2. The average Bonchev–Trinajstić information content (AvgIpc) is 3.09. The van der Waals surface area contributed by atoms with E-state index in [1.165, 1.54) is 60.3 Å². The summed E-state index contributed by atoms with van der Waals surface area (Å²) in [5.74, 6) is -0.466. The van der Waals surface area contributed by atoms with Gasteiger partial charge in [0.15, 0.2) is 17.1 Å². The Morgan fingerprint density at radius 2 is 1.83 bits per heavy atom. The summed E-state index contributed by atoms with van der Waals surface area (Å²) in [7, 11) is 1.77. The third-order valence-electron chi connectivity index (χ3n) is 4.11. The highest BCUT2D eigenvalue weighted by Gasteiger charge is 2.18. The van der Waals surface area contributed by atoms with Gasteiger partial charge in [-0.05, 0) is 55.5 Å². The van der Waals surface area contributed by atoms with Crippen LogP contribution in [0.5, 0.6) is 5.75 Å². The number of anilines is 1. The molecule has 3 rings (SSSR count). The van der Waals surface area contributed by atoms with Crippen molar-refractivity contribution in [3.63, 3.8) is 0 Å². The third kappa shape index (κ3) is 5.35. The van der Waals surface area contributed by atoms with E-state index in [1.54, 1.807) is 18.5 Å². The van der Waals surface area contributed by atoms with Gasteiger partial charge in [0.25, 0.3) is 0 Å². The summed E-state index contributed by atoms with van der Waals surface area (Å²) in [5.41, 5.74) is 0.650. The zero-order chi connectivity index (χ0) is 21.7. The molecule has 3 aromatic rings. The predicted octanol–water partition coefficient (Wildman–Crippen LogP) is 3.52. The van der Waals surface area contributed by atoms with Gasteiger partial charge in [-0.3, -0.25) is 4.79 Å². The van der Waals surface area contributed by atoms with Gasteiger partial charge in [-0.25, -0.2) is 9.18 Å². The van der Waals surface area contributed by atoms with Crippen LogP contribution < -0.4 is 10.1 Å². The summed E-state index contributed by atoms with van der Waals surface area (Å²) in [6, 6.07) is 11.6. The Labute approximate surface area is 176 Å². The van der Waals surface area contributed by atoms with Crippen LogP contribution in [-0.4, -0.2) is 37.5 Å². The Balaban J connectivity index is 1.55. The molecular weight excluding hydrogens is 411 g/mol. The molecule has 0 fully saturated rings. The molecule has 0 saturated heterocycles. The molecule has 156 valence electrons. The Morgan fingerprint density at radius 1 is 1.17 bits per heavy atom. The van der Waals surface area contributed by atoms with Crippen molar-refractivity contribution in [3.05, 3.63) is 65.7 Å². The number of carbonyl (C=O) groups is 2. The second kappa shape index (κ2) is 9.40. The summed E-state index contributed by atoms with van der Waals surface area (Å²) in [6.07, 6.45) is -0.427. The highest BCUT2D eigenvalue weighted by atomic mass is 32.2. The number of carboxylic acid groups (broad SMARTS) is 1. The van der Waals surface area contributed by atoms with Gasteiger partial charge in [0, 0.05) is 12.7 Å². The Bertz CT molecular complexity index is 1040. The molecule has 0 spiro atoms. The summed E-state index contributed by atoms with van der Waals surface area (Å²) < 4.78 is 20.5. The lowest BCUT2D eigenvalue weighted by atomic mass is 10.2. The minimum Gasteiger partial charge on any atom is -0.483 e. The summed E-state index contributed by atoms with van der Waals surface area (Å²) >= 11 is 1.21. The molecule has 2 N–H and O–H groups in total. The molecule has 30 heavy (non-hydrogen) atoms. The van der Waals surface area contributed by atoms with Gasteiger partial charge in [0.2, 0.25) is 5.91 Å². The van der Waals surface area contributed by atoms with Crippen LogP contribution in [0.4, 0.5) is 10.1 Å². The molecule has 0 aliphatic heterocycles. The number of nitrogens with one attached hydrogen (secondary N) is 1. The largest absolute Gasteiger partial charge is 0.483 e. The molecule has 1 aromatic heterocycles. The molecular formula is C20H19FN4O4S. The van der Waals surface area contributed by atoms with Crippen LogP contribution in [0.3, 0.4) is 0 Å². The van der Waals surface area contributed by atoms with Crippen LogP contribution in [0.2, 0.25) is 0 Å². The number of ether oxygens (including phenoxy) is 1. The summed E-state index contributed by atoms with van der Waals surface area (Å²) in [6.45, 7) is 1.80. The number of hydrogen-bond acceptors (Lipinski definition) is 6. The van der Waals surface area contributed by atoms with Gasteiger partial charge in [0.05, 0.1) is 11.3 Å². The van der Waals surface area contributed by atoms with Gasteiger partial charge in [-0.15, -0.1) is 10.2 Å². The first-order valence-electron chi connectivity index (χ1n) is 8.91. The molecule has 2 aromatic carbocycles. The lowest BCUT2D eigenvalue weighted by molar-refractivity contribution is -0.113. The van der Waals surface area contributed by atoms with Crippen LogP contribution in [0.15, 0.2) is 53.7 Å². The van der Waals surface area contributed by atoms with Gasteiger partial charge in [0.1, 0.15) is 11.6 Å². The average molecular weight is 430 g/mol. The lowest BCUT2D eigenvalue weighted by Gasteiger charge is -2.14. The standard InChI is InChI=1S/C20H19FN4O4S/c1-12(29-16-9-5-14(21)6-10-16)18-23-24-20(25(18)2)30-11-17(26)22-15-7-3-13(4-8-15)19(27)28/h3-10,12H,11H2,1-2H3,(H,22,26)(H,27,28). The number of carboxylic acids is 1. The molecule has 0 aliphatic carbocycles. The number of thioether (sulfide) groups is 1. The molecule has 8 nitrogen and oxygen atoms in total. The maximum Gasteiger partial charge on any atom is 0.335 e. The number of carbonyl (C=O) groups excluding carboxylic acids is 1. The first-order valence-corrected chi connectivity index (χ1v) is 9.89. The van der Waals surface area contributed by atoms with Crippen molar-refractivity contribution in [1.29, 1.82) is 0 Å². The zero-order valence-electron chi connectivity index (χ0n) is 16.2. The smallest absolute Gasteiger partial charge is 0.335 e. The monoisotopic (exact) mass is 430 g/mol. The van der Waals surface area contributed by atoms with E-state index in [1.807, 2.05) is 0 Å². The minimum absolute atomic E-state index is 0.0971. The third-order valence-corrected chi connectivity index (χ3v) is 5.13. The number of amides is 1. The van der Waals surface area contributed by atoms with Crippen LogP contribution in [0.1, 0.15) is 29.2 Å². The van der Waals surface area contributed by atoms with Crippen molar-refractivity contribution in [2.75, 3.05) is 11.1 Å². The van der Waals surface area contributed by atoms with Gasteiger partial charge >= 0.3 is 5.97 Å². The highest BCUT2D eigenvalue weighted by molar-refractivity contribution is 7.99. The van der Waals surface area contributed by atoms with Crippen molar-refractivity contribution in [2.24, 2.45) is 7.05 Å². The number of hydrogen-bond donors (Lipinski definition) is 2. The van der Waals surface area contributed by atoms with E-state index < -0.39 is 12.1 Å². The molecule has 0 bridgehead atoms. The van der Waals surface area contributed by atoms with Gasteiger partial charge in [-0.2, -0.15) is 0 Å². The second-order valence-electron chi connectivity index (χ2n) is 6.33. The van der Waals surface area contributed by atoms with E-state index in [0.717, 1.165) is 0 Å². The molecule has 0 radical (unpaired) electrons. The first-order chi connectivity index (χ1) is 14.3. The van der Waals surface area contributed by atoms with Crippen LogP contribution in [0.25, 0.3) is 0 Å². The van der Waals surface area contributed by atoms with E-state index in [4.69, 9.17) is 9.84 Å². The number of nitrogens with zero attached hydrogens (tertiary/aromatic N) is 3. The van der Waals surface area contributed by atoms with Crippen molar-refractivity contribution < 1.29 is 23.8 Å². The maximum atomic E-state index is 13.0. The van der Waals surface area contributed by atoms with E-state index >= 15 is 0 Å². The quantitative estimate of drug-likeness (QED) is 0.527. The minimum atomic E-state index is -1.03. The maximum absolute atomic E-state index is 13.0. The van der Waals surface area contributed by atoms with Crippen LogP contribution >= 0.6 is 11.8 Å². The second-order valence-corrected chi connectivity index (χ2v) is 7.28. The predicted molar refractivity (Wildman–Crippen MR) is 109 cm³/mol. The van der Waals surface area contributed by atoms with Crippen molar-refractivity contribution in [1.82, 2.24) is 14.8 Å². The Hall–Kier alpha value is -3.40. The van der Waals surface area contributed by atoms with E-state index in [9.17, 15) is 14.0 Å². The molecule has 10 heteroatoms. The van der Waals surface area contributed by atoms with E-state index in [0.29, 0.717) is 22.4 Å². The summed E-state index contributed by atoms with van der Waals surface area (Å²) in [4.78, 5) is 23.0. The Morgan fingerprint density at radius 3 is 2.47 bits per heavy atom. The topological polar surface area (TPSA) is 106 Å². The lowest BCUT2D eigenvalue weighted by Crippen LogP contribution is -2.15. The molecule has 1 amide bonds. The molecule has 1 unspecified atom stereocenters.